The van der Waals surface area contributed by atoms with Crippen LogP contribution in [-0.4, -0.2) is 209 Å². The first kappa shape index (κ1) is 97.0. The zero-order valence-electron chi connectivity index (χ0n) is 73.4. The summed E-state index contributed by atoms with van der Waals surface area (Å²) < 4.78 is 14.3. The Morgan fingerprint density at radius 1 is 0.653 bits per heavy atom. The monoisotopic (exact) mass is 1680 g/mol. The minimum absolute atomic E-state index is 0.0396. The summed E-state index contributed by atoms with van der Waals surface area (Å²) in [4.78, 5) is 177. The molecule has 10 atom stereocenters. The van der Waals surface area contributed by atoms with E-state index < -0.39 is 95.2 Å². The van der Waals surface area contributed by atoms with Crippen molar-refractivity contribution in [3.05, 3.63) is 72.1 Å². The third kappa shape index (κ3) is 30.3. The lowest BCUT2D eigenvalue weighted by molar-refractivity contribution is -0.141. The molecular formula is C91H139N15O15. The Labute approximate surface area is 714 Å². The van der Waals surface area contributed by atoms with Gasteiger partial charge in [-0.25, -0.2) is 9.59 Å². The first-order valence-corrected chi connectivity index (χ1v) is 44.6. The van der Waals surface area contributed by atoms with Crippen LogP contribution in [0.1, 0.15) is 252 Å². The van der Waals surface area contributed by atoms with E-state index in [1.54, 1.807) is 92.1 Å². The van der Waals surface area contributed by atoms with E-state index in [2.05, 4.69) is 52.5 Å². The third-order valence-electron chi connectivity index (χ3n) is 24.2. The fourth-order valence-electron chi connectivity index (χ4n) is 17.5. The summed E-state index contributed by atoms with van der Waals surface area (Å²) in [7, 11) is 4.88. The number of nitrogens with zero attached hydrogens (tertiary/aromatic N) is 5. The molecule has 0 spiro atoms. The number of likely N-dealkylation sites (N-methyl/N-ethyl adjacent to an activating group) is 2. The van der Waals surface area contributed by atoms with Crippen molar-refractivity contribution in [1.29, 1.82) is 0 Å². The molecule has 2 aromatic carbocycles. The van der Waals surface area contributed by atoms with Crippen LogP contribution in [0, 0.1) is 29.6 Å². The average Bonchev–Trinajstić information content (AvgIpc) is 1.64. The molecule has 5 heterocycles. The molecule has 4 aromatic rings. The molecule has 30 nitrogen and oxygen atoms in total. The molecule has 668 valence electrons. The standard InChI is InChI=1S/C46H71N7O8.C45H68N8O7/c1-6-41(47)50-25-14-20-34(39(54)23-13-11-19-36(48-5)44(58)59)51-42(56)31(27-32-29-53(45(60)61-46(2,3)4)38-22-12-10-18-33(32)38)28-40(55)37(26-30-16-8-7-9-17-30)52-43(57)35-21-15-24-49-35;1-45(2,3)60-44(59)53-28-32(33-17-9-10-19-36(33)53)25-35-38(54)26-30(16-11-22-50-43(46)48-5)40(56)49-21-12-18-34(47-4)42(58)52-23-13-20-37(52)39(55)27-31(41(57)51-35)24-29-14-7-6-8-15-29/h10,12,18,22,29-31,34-37,48-49H,6-9,11,13-17,19-21,23-28H2,1-5H3,(H2,47,50)(H,51,56)(H,52,57)(H,58,59);9-10,17,19,28-31,34-35,37,47H,6-8,11-16,18,20-27H2,1-5H3,(H,49,56)(H,51,57)(H3,46,48,50)/t31-,34+,35?,36+,37+;30-,31+,34+,35+,37+/m11/s1. The van der Waals surface area contributed by atoms with E-state index in [0.29, 0.717) is 138 Å². The molecule has 2 saturated carbocycles. The predicted molar refractivity (Wildman–Crippen MR) is 468 cm³/mol. The van der Waals surface area contributed by atoms with Crippen LogP contribution in [0.4, 0.5) is 9.59 Å². The number of hydrogen-bond acceptors (Lipinski definition) is 19. The van der Waals surface area contributed by atoms with Gasteiger partial charge < -0.3 is 73.5 Å². The summed E-state index contributed by atoms with van der Waals surface area (Å²) in [6, 6.07) is 9.63. The number of carbonyl (C=O) groups is 12. The molecule has 0 radical (unpaired) electrons. The fraction of sp³-hybridized carbons (Fsp3) is 0.670. The molecular weight excluding hydrogens is 1540 g/mol. The molecule has 5 fully saturated rings. The van der Waals surface area contributed by atoms with Gasteiger partial charge in [0, 0.05) is 113 Å². The second kappa shape index (κ2) is 47.9. The summed E-state index contributed by atoms with van der Waals surface area (Å²) >= 11 is 0. The van der Waals surface area contributed by atoms with E-state index >= 15 is 0 Å². The van der Waals surface area contributed by atoms with Crippen molar-refractivity contribution in [2.75, 3.05) is 53.9 Å². The van der Waals surface area contributed by atoms with Gasteiger partial charge in [0.2, 0.25) is 29.5 Å². The maximum Gasteiger partial charge on any atom is 0.419 e. The Hall–Kier alpha value is -9.42. The number of ketones is 4. The highest BCUT2D eigenvalue weighted by Gasteiger charge is 2.42. The van der Waals surface area contributed by atoms with Gasteiger partial charge in [-0.2, -0.15) is 0 Å². The van der Waals surface area contributed by atoms with E-state index in [-0.39, 0.29) is 116 Å². The number of benzene rings is 2. The normalized spacial score (nSPS) is 21.6. The number of amides is 5. The van der Waals surface area contributed by atoms with Crippen molar-refractivity contribution < 1.29 is 72.1 Å². The van der Waals surface area contributed by atoms with Crippen molar-refractivity contribution in [1.82, 2.24) is 56.6 Å². The minimum atomic E-state index is -1.07. The summed E-state index contributed by atoms with van der Waals surface area (Å²) in [6.45, 7) is 14.9. The van der Waals surface area contributed by atoms with Crippen LogP contribution in [-0.2, 0) is 70.3 Å². The minimum Gasteiger partial charge on any atom is -0.480 e. The maximum atomic E-state index is 14.7. The number of nitrogens with two attached hydrogens (primary N) is 2. The number of rotatable bonds is 33. The number of nitrogens with one attached hydrogen (secondary N) is 8. The molecule has 9 rings (SSSR count). The Morgan fingerprint density at radius 2 is 1.26 bits per heavy atom. The van der Waals surface area contributed by atoms with Gasteiger partial charge in [-0.3, -0.25) is 67.1 Å². The zero-order chi connectivity index (χ0) is 87.9. The van der Waals surface area contributed by atoms with Crippen LogP contribution in [0.25, 0.3) is 21.8 Å². The second-order valence-electron chi connectivity index (χ2n) is 35.8. The van der Waals surface area contributed by atoms with Gasteiger partial charge in [0.25, 0.3) is 0 Å². The van der Waals surface area contributed by atoms with Gasteiger partial charge >= 0.3 is 18.2 Å². The van der Waals surface area contributed by atoms with Crippen molar-refractivity contribution in [2.45, 2.75) is 307 Å². The van der Waals surface area contributed by atoms with Crippen molar-refractivity contribution in [3.63, 3.8) is 0 Å². The smallest absolute Gasteiger partial charge is 0.419 e. The van der Waals surface area contributed by atoms with Gasteiger partial charge in [0.05, 0.1) is 53.1 Å². The Morgan fingerprint density at radius 3 is 1.87 bits per heavy atom. The Balaban J connectivity index is 0.000000301. The maximum absolute atomic E-state index is 14.7. The van der Waals surface area contributed by atoms with Gasteiger partial charge in [0.1, 0.15) is 17.2 Å². The molecule has 3 aliphatic heterocycles. The number of amidine groups is 1. The van der Waals surface area contributed by atoms with Crippen LogP contribution in [0.2, 0.25) is 0 Å². The number of guanidine groups is 1. The molecule has 1 unspecified atom stereocenters. The fourth-order valence-corrected chi connectivity index (χ4v) is 17.5. The van der Waals surface area contributed by atoms with Crippen LogP contribution < -0.4 is 54.0 Å². The summed E-state index contributed by atoms with van der Waals surface area (Å²) in [6.07, 6.45) is 20.6. The Kier molecular flexibility index (Phi) is 38.4. The molecule has 2 aromatic heterocycles. The number of ether oxygens (including phenoxy) is 2. The Bertz CT molecular complexity index is 4210. The highest BCUT2D eigenvalue weighted by atomic mass is 16.6. The highest BCUT2D eigenvalue weighted by Crippen LogP contribution is 2.35. The first-order valence-electron chi connectivity index (χ1n) is 44.6. The number of carboxylic acid groups (broad SMARTS) is 1. The molecule has 5 aliphatic rings. The number of aromatic nitrogens is 2. The number of carboxylic acids is 1. The van der Waals surface area contributed by atoms with E-state index in [1.807, 2.05) is 43.3 Å². The lowest BCUT2D eigenvalue weighted by Gasteiger charge is -2.31. The number of hydrogen-bond donors (Lipinski definition) is 11. The summed E-state index contributed by atoms with van der Waals surface area (Å²) in [5, 5.41) is 35.2. The van der Waals surface area contributed by atoms with Crippen LogP contribution in [0.15, 0.2) is 70.9 Å². The topological polar surface area (TPSA) is 430 Å². The molecule has 5 amide bonds. The van der Waals surface area contributed by atoms with E-state index in [1.165, 1.54) is 9.13 Å². The van der Waals surface area contributed by atoms with Crippen LogP contribution >= 0.6 is 0 Å². The zero-order valence-corrected chi connectivity index (χ0v) is 73.4. The number of carbonyl (C=O) groups excluding carboxylic acids is 11. The van der Waals surface area contributed by atoms with Gasteiger partial charge in [0.15, 0.2) is 29.1 Å². The second-order valence-corrected chi connectivity index (χ2v) is 35.8. The molecule has 13 N–H and O–H groups in total. The predicted octanol–water partition coefficient (Wildman–Crippen LogP) is 9.96. The molecule has 121 heavy (non-hydrogen) atoms. The average molecular weight is 1680 g/mol. The van der Waals surface area contributed by atoms with Gasteiger partial charge in [-0.05, 0) is 194 Å². The lowest BCUT2D eigenvalue weighted by atomic mass is 9.80. The SMILES string of the molecule is CCC(N)=NCCC[C@H](NC(=O)[C@@H](CC(=O)[C@H](CC1CCCCC1)NC(=O)C1CCCN1)Cc1cn(C(=O)OC(C)(C)C)c2ccccc12)C(=O)CCCC[C@H](NC)C(=O)O.CN=C(N)NCCC[C@@H]1CC(=O)[C@H](Cc2cn(C(=O)OC(C)(C)C)c3ccccc23)NC(=O)[C@@H](CC2CCCCC2)CC(=O)[C@@H]2CCCN2C(=O)[C@@H](NC)CCCNC1=O. The molecule has 3 saturated heterocycles. The number of unbranched alkanes of at least 4 members (excludes halogenated alkanes) is 1. The highest BCUT2D eigenvalue weighted by molar-refractivity contribution is 6.00. The van der Waals surface area contributed by atoms with Crippen molar-refractivity contribution in [3.8, 4) is 0 Å². The van der Waals surface area contributed by atoms with Gasteiger partial charge in [-0.1, -0.05) is 114 Å². The molecule has 0 bridgehead atoms. The number of para-hydroxylation sites is 2. The van der Waals surface area contributed by atoms with Crippen molar-refractivity contribution >= 4 is 104 Å². The van der Waals surface area contributed by atoms with Crippen LogP contribution in [0.3, 0.4) is 0 Å². The molecule has 2 aliphatic carbocycles. The largest absolute Gasteiger partial charge is 0.480 e. The lowest BCUT2D eigenvalue weighted by Crippen LogP contribution is -2.51. The summed E-state index contributed by atoms with van der Waals surface area (Å²) in [5.74, 6) is -4.53. The van der Waals surface area contributed by atoms with Crippen molar-refractivity contribution in [2.24, 2.45) is 51.0 Å². The van der Waals surface area contributed by atoms with Gasteiger partial charge in [-0.15, -0.1) is 0 Å². The third-order valence-corrected chi connectivity index (χ3v) is 24.2. The number of fused-ring (bicyclic) bond motifs is 3. The summed E-state index contributed by atoms with van der Waals surface area (Å²) in [5.41, 5.74) is 12.8. The number of aliphatic carboxylic acids is 1. The molecule has 30 heteroatoms. The number of aliphatic imine (C=N–C) groups is 2. The first-order chi connectivity index (χ1) is 57.8. The van der Waals surface area contributed by atoms with Crippen LogP contribution in [0.5, 0.6) is 0 Å². The van der Waals surface area contributed by atoms with E-state index in [9.17, 15) is 62.6 Å². The number of Topliss-reactive ketones (excluding diaryl/α,β-unsaturated/α-hetero) is 4. The van der Waals surface area contributed by atoms with E-state index in [4.69, 9.17) is 20.9 Å². The van der Waals surface area contributed by atoms with E-state index in [0.717, 1.165) is 87.9 Å². The quantitative estimate of drug-likeness (QED) is 0.0120.